The molecule has 6 heteroatoms. The van der Waals surface area contributed by atoms with E-state index in [0.717, 1.165) is 55.1 Å². The standard InChI is InChI=1S/C18H18ClN5/c19-17-15(12-14-4-1-2-5-16(14)22-17)13-23-8-10-24(11-9-23)18-20-6-3-7-21-18/h1-7,12H,8-11,13H2/p+1. The molecule has 1 aliphatic heterocycles. The number of quaternary nitrogens is 1. The van der Waals surface area contributed by atoms with Crippen LogP contribution in [0.15, 0.2) is 48.8 Å². The zero-order valence-corrected chi connectivity index (χ0v) is 14.1. The Bertz CT molecular complexity index is 831. The van der Waals surface area contributed by atoms with E-state index in [-0.39, 0.29) is 0 Å². The molecule has 0 spiro atoms. The molecule has 1 N–H and O–H groups in total. The van der Waals surface area contributed by atoms with E-state index in [1.54, 1.807) is 12.4 Å². The fraction of sp³-hybridized carbons (Fsp3) is 0.278. The van der Waals surface area contributed by atoms with E-state index < -0.39 is 0 Å². The first kappa shape index (κ1) is 15.3. The van der Waals surface area contributed by atoms with Crippen molar-refractivity contribution in [2.45, 2.75) is 6.54 Å². The summed E-state index contributed by atoms with van der Waals surface area (Å²) in [6.45, 7) is 4.90. The Morgan fingerprint density at radius 1 is 1.04 bits per heavy atom. The van der Waals surface area contributed by atoms with Gasteiger partial charge in [0.25, 0.3) is 0 Å². The third kappa shape index (κ3) is 3.18. The molecule has 0 bridgehead atoms. The highest BCUT2D eigenvalue weighted by atomic mass is 35.5. The molecule has 0 saturated carbocycles. The van der Waals surface area contributed by atoms with Crippen molar-refractivity contribution in [2.75, 3.05) is 31.1 Å². The van der Waals surface area contributed by atoms with Gasteiger partial charge in [0, 0.05) is 23.3 Å². The summed E-state index contributed by atoms with van der Waals surface area (Å²) in [6, 6.07) is 12.1. The van der Waals surface area contributed by atoms with Gasteiger partial charge in [0.15, 0.2) is 0 Å². The van der Waals surface area contributed by atoms with Gasteiger partial charge in [-0.3, -0.25) is 0 Å². The predicted octanol–water partition coefficient (Wildman–Crippen LogP) is 1.58. The van der Waals surface area contributed by atoms with Crippen LogP contribution in [0, 0.1) is 0 Å². The number of hydrogen-bond acceptors (Lipinski definition) is 4. The van der Waals surface area contributed by atoms with Crippen LogP contribution in [-0.2, 0) is 6.54 Å². The van der Waals surface area contributed by atoms with Gasteiger partial charge in [-0.2, -0.15) is 0 Å². The van der Waals surface area contributed by atoms with Crippen LogP contribution in [0.3, 0.4) is 0 Å². The van der Waals surface area contributed by atoms with Crippen LogP contribution in [0.1, 0.15) is 5.56 Å². The molecule has 122 valence electrons. The highest BCUT2D eigenvalue weighted by Crippen LogP contribution is 2.19. The minimum atomic E-state index is 0.620. The molecule has 5 nitrogen and oxygen atoms in total. The number of nitrogens with one attached hydrogen (secondary N) is 1. The fourth-order valence-electron chi connectivity index (χ4n) is 3.18. The molecular weight excluding hydrogens is 322 g/mol. The summed E-state index contributed by atoms with van der Waals surface area (Å²) in [4.78, 5) is 16.9. The van der Waals surface area contributed by atoms with Gasteiger partial charge in [0.2, 0.25) is 5.95 Å². The van der Waals surface area contributed by atoms with Gasteiger partial charge >= 0.3 is 0 Å². The van der Waals surface area contributed by atoms with Gasteiger partial charge in [0.1, 0.15) is 11.7 Å². The molecule has 1 aromatic carbocycles. The minimum absolute atomic E-state index is 0.620. The molecule has 1 saturated heterocycles. The molecule has 1 fully saturated rings. The van der Waals surface area contributed by atoms with Crippen LogP contribution < -0.4 is 9.80 Å². The van der Waals surface area contributed by atoms with Crippen LogP contribution in [0.25, 0.3) is 10.9 Å². The summed E-state index contributed by atoms with van der Waals surface area (Å²) in [7, 11) is 0. The molecule has 1 aliphatic rings. The average Bonchev–Trinajstić information content (AvgIpc) is 2.64. The van der Waals surface area contributed by atoms with Crippen molar-refractivity contribution in [3.05, 3.63) is 59.5 Å². The average molecular weight is 341 g/mol. The van der Waals surface area contributed by atoms with Crippen molar-refractivity contribution in [2.24, 2.45) is 0 Å². The molecule has 0 aliphatic carbocycles. The Kier molecular flexibility index (Phi) is 4.28. The minimum Gasteiger partial charge on any atom is -0.330 e. The number of para-hydroxylation sites is 1. The second kappa shape index (κ2) is 6.71. The Hall–Kier alpha value is -2.24. The lowest BCUT2D eigenvalue weighted by molar-refractivity contribution is -0.914. The fourth-order valence-corrected chi connectivity index (χ4v) is 3.40. The first-order valence-corrected chi connectivity index (χ1v) is 8.57. The number of rotatable bonds is 3. The van der Waals surface area contributed by atoms with E-state index in [1.165, 1.54) is 4.90 Å². The lowest BCUT2D eigenvalue weighted by Crippen LogP contribution is -3.13. The first-order valence-electron chi connectivity index (χ1n) is 8.19. The van der Waals surface area contributed by atoms with Gasteiger partial charge in [-0.25, -0.2) is 15.0 Å². The van der Waals surface area contributed by atoms with Crippen molar-refractivity contribution in [3.8, 4) is 0 Å². The lowest BCUT2D eigenvalue weighted by Gasteiger charge is -2.32. The number of aromatic nitrogens is 3. The molecule has 2 aromatic heterocycles. The second-order valence-electron chi connectivity index (χ2n) is 6.09. The van der Waals surface area contributed by atoms with Crippen molar-refractivity contribution in [1.82, 2.24) is 15.0 Å². The van der Waals surface area contributed by atoms with E-state index >= 15 is 0 Å². The van der Waals surface area contributed by atoms with Crippen LogP contribution in [0.5, 0.6) is 0 Å². The monoisotopic (exact) mass is 340 g/mol. The smallest absolute Gasteiger partial charge is 0.225 e. The molecule has 0 amide bonds. The number of fused-ring (bicyclic) bond motifs is 1. The highest BCUT2D eigenvalue weighted by molar-refractivity contribution is 6.30. The largest absolute Gasteiger partial charge is 0.330 e. The Morgan fingerprint density at radius 2 is 1.79 bits per heavy atom. The predicted molar refractivity (Wildman–Crippen MR) is 95.4 cm³/mol. The summed E-state index contributed by atoms with van der Waals surface area (Å²) in [5.74, 6) is 0.821. The third-order valence-corrected chi connectivity index (χ3v) is 4.82. The quantitative estimate of drug-likeness (QED) is 0.735. The maximum absolute atomic E-state index is 6.39. The van der Waals surface area contributed by atoms with Crippen molar-refractivity contribution in [3.63, 3.8) is 0 Å². The molecule has 3 heterocycles. The summed E-state index contributed by atoms with van der Waals surface area (Å²) in [5, 5.41) is 1.77. The number of halogens is 1. The Labute approximate surface area is 145 Å². The first-order chi connectivity index (χ1) is 11.8. The number of anilines is 1. The van der Waals surface area contributed by atoms with Gasteiger partial charge in [-0.15, -0.1) is 0 Å². The van der Waals surface area contributed by atoms with Gasteiger partial charge < -0.3 is 9.80 Å². The molecule has 3 aromatic rings. The molecular formula is C18H19ClN5+. The van der Waals surface area contributed by atoms with Crippen LogP contribution >= 0.6 is 11.6 Å². The van der Waals surface area contributed by atoms with Crippen LogP contribution in [0.2, 0.25) is 5.15 Å². The van der Waals surface area contributed by atoms with Gasteiger partial charge in [-0.1, -0.05) is 29.8 Å². The maximum Gasteiger partial charge on any atom is 0.225 e. The van der Waals surface area contributed by atoms with Gasteiger partial charge in [-0.05, 0) is 18.2 Å². The third-order valence-electron chi connectivity index (χ3n) is 4.50. The molecule has 0 radical (unpaired) electrons. The van der Waals surface area contributed by atoms with Crippen molar-refractivity contribution >= 4 is 28.5 Å². The normalized spacial score (nSPS) is 15.8. The van der Waals surface area contributed by atoms with Crippen LogP contribution in [0.4, 0.5) is 5.95 Å². The summed E-state index contributed by atoms with van der Waals surface area (Å²) >= 11 is 6.39. The van der Waals surface area contributed by atoms with E-state index in [4.69, 9.17) is 11.6 Å². The summed E-state index contributed by atoms with van der Waals surface area (Å²) < 4.78 is 0. The van der Waals surface area contributed by atoms with Crippen molar-refractivity contribution < 1.29 is 4.90 Å². The van der Waals surface area contributed by atoms with Crippen LogP contribution in [-0.4, -0.2) is 41.1 Å². The van der Waals surface area contributed by atoms with Crippen molar-refractivity contribution in [1.29, 1.82) is 0 Å². The SMILES string of the molecule is Clc1nc2ccccc2cc1C[NH+]1CCN(c2ncccn2)CC1. The highest BCUT2D eigenvalue weighted by Gasteiger charge is 2.22. The molecule has 0 atom stereocenters. The van der Waals surface area contributed by atoms with E-state index in [0.29, 0.717) is 5.15 Å². The molecule has 24 heavy (non-hydrogen) atoms. The Balaban J connectivity index is 1.45. The summed E-state index contributed by atoms with van der Waals surface area (Å²) in [5.41, 5.74) is 2.07. The maximum atomic E-state index is 6.39. The summed E-state index contributed by atoms with van der Waals surface area (Å²) in [6.07, 6.45) is 3.59. The number of piperazine rings is 1. The zero-order chi connectivity index (χ0) is 16.4. The van der Waals surface area contributed by atoms with E-state index in [2.05, 4.69) is 32.0 Å². The zero-order valence-electron chi connectivity index (χ0n) is 13.3. The molecule has 4 rings (SSSR count). The number of nitrogens with zero attached hydrogens (tertiary/aromatic N) is 4. The number of benzene rings is 1. The topological polar surface area (TPSA) is 46.4 Å². The number of pyridine rings is 1. The second-order valence-corrected chi connectivity index (χ2v) is 6.45. The Morgan fingerprint density at radius 3 is 2.58 bits per heavy atom. The van der Waals surface area contributed by atoms with E-state index in [9.17, 15) is 0 Å². The van der Waals surface area contributed by atoms with Gasteiger partial charge in [0.05, 0.1) is 31.7 Å². The van der Waals surface area contributed by atoms with E-state index in [1.807, 2.05) is 24.3 Å². The lowest BCUT2D eigenvalue weighted by atomic mass is 10.1. The molecule has 0 unspecified atom stereocenters. The number of hydrogen-bond donors (Lipinski definition) is 1.